The zero-order chi connectivity index (χ0) is 2.00. The molecule has 0 heterocycles. The quantitative estimate of drug-likeness (QED) is 0.340. The zero-order valence-electron chi connectivity index (χ0n) is 2.05. The molecule has 0 aromatic carbocycles. The fourth-order valence-corrected chi connectivity index (χ4v) is 0. The summed E-state index contributed by atoms with van der Waals surface area (Å²) in [6.45, 7) is 0. The Morgan fingerprint density at radius 1 is 1.25 bits per heavy atom. The predicted octanol–water partition coefficient (Wildman–Crippen LogP) is -1.69. The number of rotatable bonds is 0. The van der Waals surface area contributed by atoms with Crippen LogP contribution in [-0.4, -0.2) is 53.5 Å². The molecule has 0 spiro atoms. The summed E-state index contributed by atoms with van der Waals surface area (Å²) in [5.41, 5.74) is 0. The summed E-state index contributed by atoms with van der Waals surface area (Å²) >= 11 is 1.10. The number of hydrogen-bond donors (Lipinski definition) is 0. The molecule has 0 atom stereocenters. The first kappa shape index (κ1) is 16.3. The van der Waals surface area contributed by atoms with Crippen LogP contribution in [0.5, 0.6) is 0 Å². The third-order valence-corrected chi connectivity index (χ3v) is 0. The van der Waals surface area contributed by atoms with E-state index in [1.165, 1.54) is 0 Å². The van der Waals surface area contributed by atoms with Crippen molar-refractivity contribution in [2.75, 3.05) is 0 Å². The first-order valence-electron chi connectivity index (χ1n) is 0.144. The Bertz CT molecular complexity index is 8.00. The molecule has 0 aliphatic rings. The fraction of sp³-hybridized carbons (Fsp3) is 0. The molecule has 0 fully saturated rings. The van der Waals surface area contributed by atoms with Gasteiger partial charge in [-0.3, -0.25) is 0 Å². The van der Waals surface area contributed by atoms with Gasteiger partial charge in [-0.1, -0.05) is 0 Å². The van der Waals surface area contributed by atoms with Crippen LogP contribution in [0.2, 0.25) is 0 Å². The maximum absolute atomic E-state index is 8.18. The standard InChI is InChI=1S/Bi.O.Ru.Tl.3H. The van der Waals surface area contributed by atoms with Crippen LogP contribution in [0.4, 0.5) is 0 Å². The van der Waals surface area contributed by atoms with Gasteiger partial charge in [0.2, 0.25) is 0 Å². The minimum absolute atomic E-state index is 0. The predicted molar refractivity (Wildman–Crippen MR) is 16.4 cm³/mol. The van der Waals surface area contributed by atoms with E-state index >= 15 is 0 Å². The van der Waals surface area contributed by atoms with E-state index in [0.717, 1.165) is 18.3 Å². The Hall–Kier alpha value is 2.23. The van der Waals surface area contributed by atoms with Gasteiger partial charge in [0, 0.05) is 27.3 Å². The summed E-state index contributed by atoms with van der Waals surface area (Å²) in [5.74, 6) is 0. The van der Waals surface area contributed by atoms with E-state index < -0.39 is 0 Å². The second-order valence-corrected chi connectivity index (χ2v) is 0. The molecule has 0 aromatic rings. The maximum atomic E-state index is 8.18. The molecular formula is H3BiORuTl. The summed E-state index contributed by atoms with van der Waals surface area (Å²) in [4.78, 5) is 0. The molecule has 0 rings (SSSR count). The molecular weight excluding hydrogens is 530 g/mol. The largest absolute Gasteiger partial charge is 0 e. The van der Waals surface area contributed by atoms with E-state index in [1.54, 1.807) is 0 Å². The van der Waals surface area contributed by atoms with Crippen LogP contribution in [-0.2, 0) is 21.8 Å². The van der Waals surface area contributed by atoms with Gasteiger partial charge in [0.05, 0.1) is 0 Å². The normalized spacial score (nSPS) is 1.25. The summed E-state index contributed by atoms with van der Waals surface area (Å²) in [6, 6.07) is 0. The summed E-state index contributed by atoms with van der Waals surface area (Å²) in [7, 11) is 0. The Morgan fingerprint density at radius 2 is 1.25 bits per heavy atom. The first-order valence-corrected chi connectivity index (χ1v) is 0.854. The molecule has 1 nitrogen and oxygen atoms in total. The van der Waals surface area contributed by atoms with Gasteiger partial charge < -0.3 is 0 Å². The van der Waals surface area contributed by atoms with Crippen molar-refractivity contribution in [3.05, 3.63) is 0 Å². The van der Waals surface area contributed by atoms with Gasteiger partial charge in [0.1, 0.15) is 0 Å². The van der Waals surface area contributed by atoms with Crippen LogP contribution in [0.15, 0.2) is 0 Å². The monoisotopic (exact) mass is 535 g/mol. The third-order valence-electron chi connectivity index (χ3n) is 0. The van der Waals surface area contributed by atoms with Crippen molar-refractivity contribution in [2.24, 2.45) is 0 Å². The topological polar surface area (TPSA) is 17.1 Å². The zero-order valence-corrected chi connectivity index (χ0v) is 13.8. The minimum atomic E-state index is 0. The summed E-state index contributed by atoms with van der Waals surface area (Å²) in [6.07, 6.45) is 0. The van der Waals surface area contributed by atoms with Crippen molar-refractivity contribution in [3.63, 3.8) is 0 Å². The second kappa shape index (κ2) is 18.8. The third kappa shape index (κ3) is 8.87. The van der Waals surface area contributed by atoms with Crippen molar-refractivity contribution < 1.29 is 21.8 Å². The van der Waals surface area contributed by atoms with Crippen LogP contribution >= 0.6 is 0 Å². The van der Waals surface area contributed by atoms with Crippen molar-refractivity contribution >= 4 is 53.5 Å². The van der Waals surface area contributed by atoms with Crippen LogP contribution in [0.3, 0.4) is 0 Å². The van der Waals surface area contributed by atoms with Crippen molar-refractivity contribution in [1.29, 1.82) is 0 Å². The summed E-state index contributed by atoms with van der Waals surface area (Å²) in [5, 5.41) is 0. The molecule has 0 amide bonds. The van der Waals surface area contributed by atoms with Gasteiger partial charge >= 0.3 is 48.0 Å². The van der Waals surface area contributed by atoms with Crippen molar-refractivity contribution in [3.8, 4) is 0 Å². The molecule has 0 saturated carbocycles. The van der Waals surface area contributed by atoms with Crippen molar-refractivity contribution in [1.82, 2.24) is 0 Å². The molecule has 4 heavy (non-hydrogen) atoms. The maximum Gasteiger partial charge on any atom is 0 e. The van der Waals surface area contributed by atoms with Crippen LogP contribution < -0.4 is 0 Å². The molecule has 0 N–H and O–H groups in total. The molecule has 4 heteroatoms. The van der Waals surface area contributed by atoms with Crippen LogP contribution in [0.25, 0.3) is 0 Å². The van der Waals surface area contributed by atoms with E-state index in [-0.39, 0.29) is 53.5 Å². The average molecular weight is 533 g/mol. The van der Waals surface area contributed by atoms with Gasteiger partial charge in [-0.25, -0.2) is 0 Å². The first-order chi connectivity index (χ1) is 1.00. The van der Waals surface area contributed by atoms with Gasteiger partial charge in [-0.2, -0.15) is 0 Å². The smallest absolute Gasteiger partial charge is 0 e. The van der Waals surface area contributed by atoms with Crippen LogP contribution in [0, 0.1) is 0 Å². The Labute approximate surface area is 74.1 Å². The molecule has 0 saturated heterocycles. The van der Waals surface area contributed by atoms with Gasteiger partial charge in [-0.15, -0.1) is 0 Å². The molecule has 25 valence electrons. The van der Waals surface area contributed by atoms with Gasteiger partial charge in [0.25, 0.3) is 0 Å². The van der Waals surface area contributed by atoms with Gasteiger partial charge in [0.15, 0.2) is 0 Å². The summed E-state index contributed by atoms with van der Waals surface area (Å²) < 4.78 is 8.18. The molecule has 0 bridgehead atoms. The Kier molecular flexibility index (Phi) is 76.9. The minimum Gasteiger partial charge on any atom is 0 e. The molecule has 0 aromatic heterocycles. The molecule has 0 aliphatic carbocycles. The van der Waals surface area contributed by atoms with Gasteiger partial charge in [-0.05, 0) is 0 Å². The van der Waals surface area contributed by atoms with Crippen molar-refractivity contribution in [2.45, 2.75) is 0 Å². The molecule has 0 unspecified atom stereocenters. The average Bonchev–Trinajstić information content (AvgIpc) is 1.00. The molecule has 0 aliphatic heterocycles. The van der Waals surface area contributed by atoms with E-state index in [4.69, 9.17) is 3.57 Å². The SMILES string of the molecule is [BiH3].[O]=[Ru].[Tl]. The Morgan fingerprint density at radius 3 is 1.25 bits per heavy atom. The number of hydrogen-bond acceptors (Lipinski definition) is 1. The Balaban J connectivity index is -0.00000000500. The van der Waals surface area contributed by atoms with E-state index in [2.05, 4.69) is 0 Å². The molecule has 1 radical (unpaired) electrons. The second-order valence-electron chi connectivity index (χ2n) is 0. The van der Waals surface area contributed by atoms with E-state index in [9.17, 15) is 0 Å². The van der Waals surface area contributed by atoms with E-state index in [1.807, 2.05) is 0 Å². The van der Waals surface area contributed by atoms with Crippen LogP contribution in [0.1, 0.15) is 0 Å². The fourth-order valence-electron chi connectivity index (χ4n) is 0. The van der Waals surface area contributed by atoms with E-state index in [0.29, 0.717) is 0 Å².